The molecule has 0 radical (unpaired) electrons. The lowest BCUT2D eigenvalue weighted by molar-refractivity contribution is -0.255. The second kappa shape index (κ2) is 7.16. The monoisotopic (exact) mass is 410 g/mol. The molecule has 0 saturated carbocycles. The first-order valence-electron chi connectivity index (χ1n) is 6.99. The Morgan fingerprint density at radius 3 is 2.08 bits per heavy atom. The molecule has 0 aliphatic heterocycles. The fraction of sp³-hybridized carbons (Fsp3) is 0.235. The van der Waals surface area contributed by atoms with Gasteiger partial charge >= 0.3 is 6.18 Å². The maximum Gasteiger partial charge on any atom is 0.428 e. The van der Waals surface area contributed by atoms with E-state index >= 15 is 0 Å². The van der Waals surface area contributed by atoms with Crippen LogP contribution in [0.25, 0.3) is 0 Å². The van der Waals surface area contributed by atoms with E-state index in [2.05, 4.69) is 0 Å². The summed E-state index contributed by atoms with van der Waals surface area (Å²) in [5, 5.41) is 10.4. The van der Waals surface area contributed by atoms with Crippen LogP contribution in [0.2, 0.25) is 15.1 Å². The van der Waals surface area contributed by atoms with Crippen molar-refractivity contribution in [3.63, 3.8) is 0 Å². The van der Waals surface area contributed by atoms with E-state index in [4.69, 9.17) is 34.8 Å². The van der Waals surface area contributed by atoms with Crippen LogP contribution in [0.15, 0.2) is 36.4 Å². The Morgan fingerprint density at radius 1 is 1.04 bits per heavy atom. The van der Waals surface area contributed by atoms with Gasteiger partial charge in [-0.25, -0.2) is 0 Å². The van der Waals surface area contributed by atoms with Gasteiger partial charge in [-0.2, -0.15) is 13.2 Å². The molecule has 25 heavy (non-hydrogen) atoms. The zero-order valence-corrected chi connectivity index (χ0v) is 15.1. The number of Topliss-reactive ketones (excluding diaryl/α,β-unsaturated/α-hetero) is 1. The van der Waals surface area contributed by atoms with Crippen LogP contribution in [0.5, 0.6) is 0 Å². The molecule has 0 saturated heterocycles. The number of alkyl halides is 3. The lowest BCUT2D eigenvalue weighted by Crippen LogP contribution is -2.50. The smallest absolute Gasteiger partial charge is 0.370 e. The fourth-order valence-electron chi connectivity index (χ4n) is 2.31. The van der Waals surface area contributed by atoms with Gasteiger partial charge < -0.3 is 5.11 Å². The molecule has 2 rings (SSSR count). The molecule has 8 heteroatoms. The average molecular weight is 412 g/mol. The van der Waals surface area contributed by atoms with E-state index in [0.29, 0.717) is 10.6 Å². The Morgan fingerprint density at radius 2 is 1.60 bits per heavy atom. The number of hydrogen-bond donors (Lipinski definition) is 1. The highest BCUT2D eigenvalue weighted by atomic mass is 35.5. The topological polar surface area (TPSA) is 37.3 Å². The van der Waals surface area contributed by atoms with Crippen molar-refractivity contribution in [2.45, 2.75) is 25.1 Å². The van der Waals surface area contributed by atoms with Gasteiger partial charge in [0.15, 0.2) is 5.78 Å². The van der Waals surface area contributed by atoms with Crippen molar-refractivity contribution in [2.75, 3.05) is 0 Å². The minimum Gasteiger partial charge on any atom is -0.370 e. The molecular formula is C17H12Cl3F3O2. The molecule has 1 N–H and O–H groups in total. The molecule has 0 bridgehead atoms. The van der Waals surface area contributed by atoms with Crippen molar-refractivity contribution in [1.82, 2.24) is 0 Å². The molecular weight excluding hydrogens is 400 g/mol. The number of halogens is 6. The van der Waals surface area contributed by atoms with E-state index < -0.39 is 29.5 Å². The van der Waals surface area contributed by atoms with Gasteiger partial charge in [0.1, 0.15) is 0 Å². The molecule has 0 amide bonds. The number of carbonyl (C=O) groups is 1. The van der Waals surface area contributed by atoms with Gasteiger partial charge in [0.25, 0.3) is 0 Å². The zero-order valence-electron chi connectivity index (χ0n) is 12.8. The summed E-state index contributed by atoms with van der Waals surface area (Å²) in [6.45, 7) is 1.72. The molecule has 0 fully saturated rings. The SMILES string of the molecule is Cc1ccc(CC(=O)C(O)(c2cc(Cl)cc(Cl)c2)C(F)(F)F)cc1Cl. The number of carbonyl (C=O) groups excluding carboxylic acids is 1. The Bertz CT molecular complexity index is 801. The van der Waals surface area contributed by atoms with Gasteiger partial charge in [0.2, 0.25) is 5.60 Å². The fourth-order valence-corrected chi connectivity index (χ4v) is 3.03. The number of aryl methyl sites for hydroxylation is 1. The van der Waals surface area contributed by atoms with Crippen LogP contribution < -0.4 is 0 Å². The van der Waals surface area contributed by atoms with Gasteiger partial charge in [0.05, 0.1) is 0 Å². The van der Waals surface area contributed by atoms with Crippen LogP contribution in [-0.2, 0) is 16.8 Å². The molecule has 0 heterocycles. The maximum absolute atomic E-state index is 13.6. The number of aliphatic hydroxyl groups is 1. The van der Waals surface area contributed by atoms with Gasteiger partial charge in [-0.3, -0.25) is 4.79 Å². The third kappa shape index (κ3) is 4.11. The molecule has 1 atom stereocenters. The Labute approximate surface area is 157 Å². The summed E-state index contributed by atoms with van der Waals surface area (Å²) in [4.78, 5) is 12.4. The lowest BCUT2D eigenvalue weighted by Gasteiger charge is -2.30. The van der Waals surface area contributed by atoms with Crippen LogP contribution in [0.4, 0.5) is 13.2 Å². The Balaban J connectivity index is 2.49. The lowest BCUT2D eigenvalue weighted by atomic mass is 9.85. The molecule has 2 aromatic carbocycles. The summed E-state index contributed by atoms with van der Waals surface area (Å²) in [5.74, 6) is -1.46. The zero-order chi connectivity index (χ0) is 19.0. The highest BCUT2D eigenvalue weighted by molar-refractivity contribution is 6.34. The summed E-state index contributed by atoms with van der Waals surface area (Å²) in [5.41, 5.74) is -3.51. The van der Waals surface area contributed by atoms with Gasteiger partial charge in [0, 0.05) is 27.1 Å². The number of ketones is 1. The maximum atomic E-state index is 13.6. The second-order valence-electron chi connectivity index (χ2n) is 5.55. The highest BCUT2D eigenvalue weighted by Crippen LogP contribution is 2.42. The predicted octanol–water partition coefficient (Wildman–Crippen LogP) is 5.52. The molecule has 134 valence electrons. The van der Waals surface area contributed by atoms with Crippen LogP contribution in [0.3, 0.4) is 0 Å². The Kier molecular flexibility index (Phi) is 5.74. The molecule has 2 nitrogen and oxygen atoms in total. The van der Waals surface area contributed by atoms with Crippen molar-refractivity contribution < 1.29 is 23.1 Å². The number of benzene rings is 2. The summed E-state index contributed by atoms with van der Waals surface area (Å²) in [6.07, 6.45) is -5.92. The van der Waals surface area contributed by atoms with E-state index in [9.17, 15) is 23.1 Å². The molecule has 0 aliphatic rings. The second-order valence-corrected chi connectivity index (χ2v) is 6.83. The van der Waals surface area contributed by atoms with E-state index in [1.807, 2.05) is 0 Å². The third-order valence-electron chi connectivity index (χ3n) is 3.70. The van der Waals surface area contributed by atoms with Gasteiger partial charge in [-0.15, -0.1) is 0 Å². The van der Waals surface area contributed by atoms with Crippen LogP contribution >= 0.6 is 34.8 Å². The first-order valence-corrected chi connectivity index (χ1v) is 8.12. The Hall–Kier alpha value is -1.27. The first-order chi connectivity index (χ1) is 11.4. The first kappa shape index (κ1) is 20.0. The quantitative estimate of drug-likeness (QED) is 0.719. The van der Waals surface area contributed by atoms with E-state index in [-0.39, 0.29) is 15.6 Å². The molecule has 0 aliphatic carbocycles. The van der Waals surface area contributed by atoms with Crippen molar-refractivity contribution in [3.05, 3.63) is 68.2 Å². The summed E-state index contributed by atoms with van der Waals surface area (Å²) >= 11 is 17.4. The van der Waals surface area contributed by atoms with Crippen molar-refractivity contribution in [1.29, 1.82) is 0 Å². The normalized spacial score (nSPS) is 14.2. The van der Waals surface area contributed by atoms with Gasteiger partial charge in [-0.1, -0.05) is 46.9 Å². The number of rotatable bonds is 4. The summed E-state index contributed by atoms with van der Waals surface area (Å²) < 4.78 is 40.7. The minimum absolute atomic E-state index is 0.128. The molecule has 0 aromatic heterocycles. The van der Waals surface area contributed by atoms with Gasteiger partial charge in [-0.05, 0) is 42.3 Å². The highest BCUT2D eigenvalue weighted by Gasteiger charge is 2.60. The molecule has 0 spiro atoms. The minimum atomic E-state index is -5.26. The standard InChI is InChI=1S/C17H12Cl3F3O2/c1-9-2-3-10(4-14(9)20)5-15(24)16(25,17(21,22)23)11-6-12(18)8-13(19)7-11/h2-4,6-8,25H,5H2,1H3. The number of hydrogen-bond acceptors (Lipinski definition) is 2. The van der Waals surface area contributed by atoms with Crippen molar-refractivity contribution in [2.24, 2.45) is 0 Å². The predicted molar refractivity (Wildman–Crippen MR) is 91.3 cm³/mol. The van der Waals surface area contributed by atoms with Crippen LogP contribution in [-0.4, -0.2) is 17.1 Å². The van der Waals surface area contributed by atoms with Crippen LogP contribution in [0, 0.1) is 6.92 Å². The van der Waals surface area contributed by atoms with E-state index in [1.165, 1.54) is 18.2 Å². The van der Waals surface area contributed by atoms with E-state index in [0.717, 1.165) is 12.1 Å². The molecule has 2 aromatic rings. The van der Waals surface area contributed by atoms with E-state index in [1.54, 1.807) is 13.0 Å². The van der Waals surface area contributed by atoms with Crippen molar-refractivity contribution >= 4 is 40.6 Å². The summed E-state index contributed by atoms with van der Waals surface area (Å²) in [6, 6.07) is 7.36. The third-order valence-corrected chi connectivity index (χ3v) is 4.54. The average Bonchev–Trinajstić information content (AvgIpc) is 2.47. The summed E-state index contributed by atoms with van der Waals surface area (Å²) in [7, 11) is 0. The van der Waals surface area contributed by atoms with Crippen LogP contribution in [0.1, 0.15) is 16.7 Å². The molecule has 1 unspecified atom stereocenters. The van der Waals surface area contributed by atoms with Crippen molar-refractivity contribution in [3.8, 4) is 0 Å². The largest absolute Gasteiger partial charge is 0.428 e.